The highest BCUT2D eigenvalue weighted by atomic mass is 35.5. The first kappa shape index (κ1) is 11.1. The molecule has 0 heterocycles. The Labute approximate surface area is 69.7 Å². The molecule has 4 heteroatoms. The lowest BCUT2D eigenvalue weighted by atomic mass is 10.0. The molecule has 0 saturated heterocycles. The fourth-order valence-corrected chi connectivity index (χ4v) is 1.08. The van der Waals surface area contributed by atoms with Gasteiger partial charge in [-0.1, -0.05) is 6.92 Å². The number of hydrogen-bond acceptors (Lipinski definition) is 0. The standard InChI is InChI=1S/C7H12ClF3/c1-6(3-2-4-8)5-7(9,10)11/h6H,2-5H2,1H3. The molecule has 1 unspecified atom stereocenters. The summed E-state index contributed by atoms with van der Waals surface area (Å²) < 4.78 is 35.1. The van der Waals surface area contributed by atoms with Crippen molar-refractivity contribution in [3.05, 3.63) is 0 Å². The maximum Gasteiger partial charge on any atom is 0.389 e. The van der Waals surface area contributed by atoms with E-state index in [1.54, 1.807) is 6.92 Å². The van der Waals surface area contributed by atoms with Crippen LogP contribution in [0, 0.1) is 5.92 Å². The van der Waals surface area contributed by atoms with Crippen LogP contribution in [-0.4, -0.2) is 12.1 Å². The first-order valence-electron chi connectivity index (χ1n) is 3.58. The molecule has 0 saturated carbocycles. The van der Waals surface area contributed by atoms with Crippen molar-refractivity contribution >= 4 is 11.6 Å². The molecule has 0 amide bonds. The molecule has 0 aromatic rings. The zero-order valence-corrected chi connectivity index (χ0v) is 7.17. The van der Waals surface area contributed by atoms with Crippen molar-refractivity contribution in [1.82, 2.24) is 0 Å². The van der Waals surface area contributed by atoms with Crippen LogP contribution in [-0.2, 0) is 0 Å². The van der Waals surface area contributed by atoms with Crippen molar-refractivity contribution in [3.63, 3.8) is 0 Å². The Kier molecular flexibility index (Phi) is 4.89. The minimum atomic E-state index is -4.02. The van der Waals surface area contributed by atoms with Gasteiger partial charge in [-0.25, -0.2) is 0 Å². The molecule has 68 valence electrons. The molecule has 0 aliphatic heterocycles. The van der Waals surface area contributed by atoms with Crippen LogP contribution >= 0.6 is 11.6 Å². The van der Waals surface area contributed by atoms with Crippen molar-refractivity contribution in [2.24, 2.45) is 5.92 Å². The van der Waals surface area contributed by atoms with E-state index in [0.717, 1.165) is 0 Å². The third-order valence-corrected chi connectivity index (χ3v) is 1.68. The normalized spacial score (nSPS) is 15.0. The molecule has 0 aliphatic rings. The maximum atomic E-state index is 11.7. The summed E-state index contributed by atoms with van der Waals surface area (Å²) in [4.78, 5) is 0. The second-order valence-corrected chi connectivity index (χ2v) is 3.13. The average Bonchev–Trinajstić information content (AvgIpc) is 1.79. The molecule has 0 N–H and O–H groups in total. The first-order valence-corrected chi connectivity index (χ1v) is 4.12. The smallest absolute Gasteiger partial charge is 0.171 e. The molecule has 0 bridgehead atoms. The average molecular weight is 189 g/mol. The molecule has 1 atom stereocenters. The van der Waals surface area contributed by atoms with Gasteiger partial charge in [0.05, 0.1) is 0 Å². The second kappa shape index (κ2) is 4.86. The Hall–Kier alpha value is 0.0800. The Morgan fingerprint density at radius 1 is 1.36 bits per heavy atom. The van der Waals surface area contributed by atoms with E-state index in [0.29, 0.717) is 18.7 Å². The first-order chi connectivity index (χ1) is 4.95. The van der Waals surface area contributed by atoms with Gasteiger partial charge in [-0.2, -0.15) is 13.2 Å². The van der Waals surface area contributed by atoms with Gasteiger partial charge in [0.2, 0.25) is 0 Å². The topological polar surface area (TPSA) is 0 Å². The molecular formula is C7H12ClF3. The van der Waals surface area contributed by atoms with E-state index in [-0.39, 0.29) is 5.92 Å². The Bertz CT molecular complexity index is 100. The van der Waals surface area contributed by atoms with E-state index < -0.39 is 12.6 Å². The van der Waals surface area contributed by atoms with Gasteiger partial charge in [-0.3, -0.25) is 0 Å². The summed E-state index contributed by atoms with van der Waals surface area (Å²) in [5.41, 5.74) is 0. The monoisotopic (exact) mass is 188 g/mol. The van der Waals surface area contributed by atoms with Crippen LogP contribution in [0.5, 0.6) is 0 Å². The van der Waals surface area contributed by atoms with E-state index in [2.05, 4.69) is 0 Å². The zero-order valence-electron chi connectivity index (χ0n) is 6.42. The van der Waals surface area contributed by atoms with Gasteiger partial charge in [-0.15, -0.1) is 11.6 Å². The minimum Gasteiger partial charge on any atom is -0.171 e. The summed E-state index contributed by atoms with van der Waals surface area (Å²) >= 11 is 5.34. The maximum absolute atomic E-state index is 11.7. The number of hydrogen-bond donors (Lipinski definition) is 0. The van der Waals surface area contributed by atoms with Crippen LogP contribution in [0.3, 0.4) is 0 Å². The van der Waals surface area contributed by atoms with E-state index in [1.807, 2.05) is 0 Å². The Morgan fingerprint density at radius 3 is 2.27 bits per heavy atom. The van der Waals surface area contributed by atoms with Crippen LogP contribution in [0.25, 0.3) is 0 Å². The quantitative estimate of drug-likeness (QED) is 0.592. The van der Waals surface area contributed by atoms with Gasteiger partial charge in [-0.05, 0) is 18.8 Å². The molecule has 0 spiro atoms. The highest BCUT2D eigenvalue weighted by Gasteiger charge is 2.29. The molecule has 0 rings (SSSR count). The van der Waals surface area contributed by atoms with Gasteiger partial charge >= 0.3 is 6.18 Å². The molecule has 0 aliphatic carbocycles. The molecule has 0 aromatic heterocycles. The van der Waals surface area contributed by atoms with Crippen molar-refractivity contribution in [2.75, 3.05) is 5.88 Å². The van der Waals surface area contributed by atoms with Gasteiger partial charge in [0.15, 0.2) is 0 Å². The number of halogens is 4. The van der Waals surface area contributed by atoms with E-state index in [9.17, 15) is 13.2 Å². The molecule has 0 fully saturated rings. The Morgan fingerprint density at radius 2 is 1.91 bits per heavy atom. The van der Waals surface area contributed by atoms with Gasteiger partial charge in [0.25, 0.3) is 0 Å². The van der Waals surface area contributed by atoms with Gasteiger partial charge < -0.3 is 0 Å². The summed E-state index contributed by atoms with van der Waals surface area (Å²) in [5, 5.41) is 0. The van der Waals surface area contributed by atoms with E-state index >= 15 is 0 Å². The molecule has 0 nitrogen and oxygen atoms in total. The van der Waals surface area contributed by atoms with Crippen molar-refractivity contribution in [3.8, 4) is 0 Å². The third kappa shape index (κ3) is 7.98. The number of alkyl halides is 4. The summed E-state index contributed by atoms with van der Waals surface area (Å²) in [7, 11) is 0. The van der Waals surface area contributed by atoms with E-state index in [1.165, 1.54) is 0 Å². The van der Waals surface area contributed by atoms with Crippen molar-refractivity contribution in [1.29, 1.82) is 0 Å². The zero-order chi connectivity index (χ0) is 8.91. The SMILES string of the molecule is CC(CCCCl)CC(F)(F)F. The van der Waals surface area contributed by atoms with Crippen molar-refractivity contribution < 1.29 is 13.2 Å². The number of rotatable bonds is 4. The van der Waals surface area contributed by atoms with Crippen molar-refractivity contribution in [2.45, 2.75) is 32.4 Å². The third-order valence-electron chi connectivity index (χ3n) is 1.41. The van der Waals surface area contributed by atoms with Gasteiger partial charge in [0, 0.05) is 12.3 Å². The lowest BCUT2D eigenvalue weighted by Crippen LogP contribution is -2.12. The highest BCUT2D eigenvalue weighted by molar-refractivity contribution is 6.17. The molecular weight excluding hydrogens is 177 g/mol. The summed E-state index contributed by atoms with van der Waals surface area (Å²) in [6.07, 6.45) is -3.49. The highest BCUT2D eigenvalue weighted by Crippen LogP contribution is 2.26. The van der Waals surface area contributed by atoms with Crippen LogP contribution in [0.4, 0.5) is 13.2 Å². The molecule has 0 aromatic carbocycles. The fraction of sp³-hybridized carbons (Fsp3) is 1.00. The minimum absolute atomic E-state index is 0.297. The lowest BCUT2D eigenvalue weighted by molar-refractivity contribution is -0.143. The molecule has 11 heavy (non-hydrogen) atoms. The summed E-state index contributed by atoms with van der Waals surface area (Å²) in [6.45, 7) is 1.60. The fourth-order valence-electron chi connectivity index (χ4n) is 0.923. The Balaban J connectivity index is 3.44. The second-order valence-electron chi connectivity index (χ2n) is 2.76. The summed E-state index contributed by atoms with van der Waals surface area (Å²) in [6, 6.07) is 0. The van der Waals surface area contributed by atoms with Gasteiger partial charge in [0.1, 0.15) is 0 Å². The summed E-state index contributed by atoms with van der Waals surface area (Å²) in [5.74, 6) is 0.149. The van der Waals surface area contributed by atoms with Crippen LogP contribution in [0.15, 0.2) is 0 Å². The largest absolute Gasteiger partial charge is 0.389 e. The van der Waals surface area contributed by atoms with Crippen LogP contribution in [0.2, 0.25) is 0 Å². The van der Waals surface area contributed by atoms with E-state index in [4.69, 9.17) is 11.6 Å². The van der Waals surface area contributed by atoms with Crippen LogP contribution in [0.1, 0.15) is 26.2 Å². The lowest BCUT2D eigenvalue weighted by Gasteiger charge is -2.12. The van der Waals surface area contributed by atoms with Crippen LogP contribution < -0.4 is 0 Å². The predicted molar refractivity (Wildman–Crippen MR) is 39.8 cm³/mol. The molecule has 0 radical (unpaired) electrons. The predicted octanol–water partition coefficient (Wildman–Crippen LogP) is 3.59.